The molecule has 2 aromatic carbocycles. The van der Waals surface area contributed by atoms with Crippen molar-refractivity contribution in [3.63, 3.8) is 0 Å². The molecule has 2 heterocycles. The summed E-state index contributed by atoms with van der Waals surface area (Å²) in [4.78, 5) is 0. The van der Waals surface area contributed by atoms with Gasteiger partial charge in [-0.3, -0.25) is 0 Å². The van der Waals surface area contributed by atoms with E-state index < -0.39 is 17.5 Å². The number of halogens is 3. The first-order chi connectivity index (χ1) is 15.0. The highest BCUT2D eigenvalue weighted by molar-refractivity contribution is 5.54. The lowest BCUT2D eigenvalue weighted by Crippen LogP contribution is -2.32. The molecule has 2 aliphatic heterocycles. The van der Waals surface area contributed by atoms with E-state index in [0.29, 0.717) is 42.7 Å². The maximum Gasteiger partial charge on any atom is 0.205 e. The first kappa shape index (κ1) is 22.0. The second-order valence-electron chi connectivity index (χ2n) is 8.02. The monoisotopic (exact) mass is 436 g/mol. The van der Waals surface area contributed by atoms with Gasteiger partial charge in [-0.1, -0.05) is 25.5 Å². The summed E-state index contributed by atoms with van der Waals surface area (Å²) in [7, 11) is 0. The molecule has 0 radical (unpaired) electrons. The first-order valence-electron chi connectivity index (χ1n) is 10.9. The average molecular weight is 436 g/mol. The molecule has 1 fully saturated rings. The Morgan fingerprint density at radius 3 is 2.39 bits per heavy atom. The van der Waals surface area contributed by atoms with Crippen LogP contribution in [-0.2, 0) is 22.3 Å². The van der Waals surface area contributed by atoms with Gasteiger partial charge in [-0.15, -0.1) is 0 Å². The van der Waals surface area contributed by atoms with Crippen LogP contribution in [0.1, 0.15) is 49.8 Å². The lowest BCUT2D eigenvalue weighted by molar-refractivity contribution is -0.203. The predicted molar refractivity (Wildman–Crippen MR) is 109 cm³/mol. The Hall–Kier alpha value is -2.25. The summed E-state index contributed by atoms with van der Waals surface area (Å²) in [5.74, 6) is -3.10. The zero-order valence-corrected chi connectivity index (χ0v) is 17.8. The molecule has 2 aromatic rings. The van der Waals surface area contributed by atoms with Crippen molar-refractivity contribution >= 4 is 0 Å². The van der Waals surface area contributed by atoms with E-state index in [1.165, 1.54) is 6.07 Å². The highest BCUT2D eigenvalue weighted by Gasteiger charge is 2.29. The van der Waals surface area contributed by atoms with Gasteiger partial charge in [0.1, 0.15) is 0 Å². The van der Waals surface area contributed by atoms with Crippen LogP contribution in [0.15, 0.2) is 18.2 Å². The SMILES string of the molecule is CCCC1OCC(CCc2ccc3c(c2F)Oc2c(cc(OCC)c(F)c2F)C3)CO1. The Morgan fingerprint density at radius 2 is 1.68 bits per heavy atom. The number of benzene rings is 2. The highest BCUT2D eigenvalue weighted by Crippen LogP contribution is 2.43. The highest BCUT2D eigenvalue weighted by atomic mass is 19.2. The van der Waals surface area contributed by atoms with E-state index in [-0.39, 0.29) is 42.5 Å². The van der Waals surface area contributed by atoms with Crippen LogP contribution in [0.3, 0.4) is 0 Å². The summed E-state index contributed by atoms with van der Waals surface area (Å²) < 4.78 is 66.0. The van der Waals surface area contributed by atoms with Crippen LogP contribution in [0.5, 0.6) is 17.2 Å². The maximum atomic E-state index is 15.2. The normalized spacial score (nSPS) is 20.0. The number of ether oxygens (including phenoxy) is 4. The Bertz CT molecular complexity index is 939. The van der Waals surface area contributed by atoms with Crippen molar-refractivity contribution in [3.8, 4) is 17.2 Å². The minimum atomic E-state index is -1.16. The number of fused-ring (bicyclic) bond motifs is 2. The van der Waals surface area contributed by atoms with Crippen LogP contribution in [0.25, 0.3) is 0 Å². The third-order valence-electron chi connectivity index (χ3n) is 5.73. The molecule has 0 bridgehead atoms. The molecule has 0 saturated carbocycles. The van der Waals surface area contributed by atoms with Gasteiger partial charge in [0, 0.05) is 23.5 Å². The molecular formula is C24H27F3O4. The van der Waals surface area contributed by atoms with Gasteiger partial charge in [-0.05, 0) is 37.8 Å². The molecule has 0 aliphatic carbocycles. The molecule has 168 valence electrons. The fourth-order valence-electron chi connectivity index (χ4n) is 4.04. The van der Waals surface area contributed by atoms with Gasteiger partial charge in [-0.25, -0.2) is 4.39 Å². The predicted octanol–water partition coefficient (Wildman–Crippen LogP) is 5.92. The summed E-state index contributed by atoms with van der Waals surface area (Å²) in [5.41, 5.74) is 1.50. The lowest BCUT2D eigenvalue weighted by Gasteiger charge is -2.29. The van der Waals surface area contributed by atoms with Crippen LogP contribution in [0.2, 0.25) is 0 Å². The third-order valence-corrected chi connectivity index (χ3v) is 5.73. The van der Waals surface area contributed by atoms with E-state index in [0.717, 1.165) is 12.8 Å². The first-order valence-corrected chi connectivity index (χ1v) is 10.9. The minimum Gasteiger partial charge on any atom is -0.491 e. The Balaban J connectivity index is 1.47. The largest absolute Gasteiger partial charge is 0.491 e. The molecule has 0 spiro atoms. The third kappa shape index (κ3) is 4.53. The molecule has 0 atom stereocenters. The standard InChI is InChI=1S/C24H27F3O4/c1-3-5-19-29-12-14(13-30-19)6-7-15-8-9-16-10-17-11-18(28-4-2)21(26)22(27)24(17)31-23(16)20(15)25/h8-9,11,14,19H,3-7,10,12-13H2,1-2H3. The molecular weight excluding hydrogens is 409 g/mol. The van der Waals surface area contributed by atoms with Crippen molar-refractivity contribution in [3.05, 3.63) is 52.3 Å². The summed E-state index contributed by atoms with van der Waals surface area (Å²) in [6, 6.07) is 4.93. The van der Waals surface area contributed by atoms with E-state index in [9.17, 15) is 8.78 Å². The zero-order chi connectivity index (χ0) is 22.0. The van der Waals surface area contributed by atoms with E-state index in [2.05, 4.69) is 6.92 Å². The minimum absolute atomic E-state index is 0.0355. The van der Waals surface area contributed by atoms with Gasteiger partial charge in [0.2, 0.25) is 11.6 Å². The average Bonchev–Trinajstić information content (AvgIpc) is 2.77. The van der Waals surface area contributed by atoms with Crippen molar-refractivity contribution in [2.75, 3.05) is 19.8 Å². The van der Waals surface area contributed by atoms with Crippen molar-refractivity contribution < 1.29 is 32.1 Å². The lowest BCUT2D eigenvalue weighted by atomic mass is 9.95. The van der Waals surface area contributed by atoms with Gasteiger partial charge in [0.25, 0.3) is 0 Å². The number of rotatable bonds is 7. The fourth-order valence-corrected chi connectivity index (χ4v) is 4.04. The Kier molecular flexibility index (Phi) is 6.72. The topological polar surface area (TPSA) is 36.9 Å². The van der Waals surface area contributed by atoms with Gasteiger partial charge in [0.15, 0.2) is 29.4 Å². The molecule has 0 unspecified atom stereocenters. The molecule has 4 nitrogen and oxygen atoms in total. The number of hydrogen-bond donors (Lipinski definition) is 0. The van der Waals surface area contributed by atoms with Crippen LogP contribution < -0.4 is 9.47 Å². The van der Waals surface area contributed by atoms with Gasteiger partial charge >= 0.3 is 0 Å². The number of aryl methyl sites for hydroxylation is 1. The second-order valence-corrected chi connectivity index (χ2v) is 8.02. The quantitative estimate of drug-likeness (QED) is 0.461. The molecule has 4 rings (SSSR count). The van der Waals surface area contributed by atoms with Crippen LogP contribution in [0, 0.1) is 23.4 Å². The Morgan fingerprint density at radius 1 is 0.935 bits per heavy atom. The van der Waals surface area contributed by atoms with E-state index in [4.69, 9.17) is 18.9 Å². The molecule has 1 saturated heterocycles. The van der Waals surface area contributed by atoms with Gasteiger partial charge < -0.3 is 18.9 Å². The van der Waals surface area contributed by atoms with Crippen LogP contribution >= 0.6 is 0 Å². The fraction of sp³-hybridized carbons (Fsp3) is 0.500. The summed E-state index contributed by atoms with van der Waals surface area (Å²) >= 11 is 0. The van der Waals surface area contributed by atoms with Crippen molar-refractivity contribution in [1.29, 1.82) is 0 Å². The molecule has 0 aromatic heterocycles. The molecule has 0 N–H and O–H groups in total. The molecule has 2 aliphatic rings. The number of hydrogen-bond acceptors (Lipinski definition) is 4. The van der Waals surface area contributed by atoms with Crippen LogP contribution in [0.4, 0.5) is 13.2 Å². The smallest absolute Gasteiger partial charge is 0.205 e. The summed E-state index contributed by atoms with van der Waals surface area (Å²) in [6.45, 7) is 5.16. The van der Waals surface area contributed by atoms with Crippen molar-refractivity contribution in [2.45, 2.75) is 52.2 Å². The van der Waals surface area contributed by atoms with Crippen molar-refractivity contribution in [2.24, 2.45) is 5.92 Å². The van der Waals surface area contributed by atoms with Crippen LogP contribution in [-0.4, -0.2) is 26.1 Å². The van der Waals surface area contributed by atoms with E-state index in [1.807, 2.05) is 0 Å². The maximum absolute atomic E-state index is 15.2. The van der Waals surface area contributed by atoms with Gasteiger partial charge in [-0.2, -0.15) is 8.78 Å². The summed E-state index contributed by atoms with van der Waals surface area (Å²) in [6.07, 6.45) is 3.14. The molecule has 31 heavy (non-hydrogen) atoms. The molecule has 0 amide bonds. The van der Waals surface area contributed by atoms with Gasteiger partial charge in [0.05, 0.1) is 19.8 Å². The van der Waals surface area contributed by atoms with Crippen molar-refractivity contribution in [1.82, 2.24) is 0 Å². The summed E-state index contributed by atoms with van der Waals surface area (Å²) in [5, 5.41) is 0. The van der Waals surface area contributed by atoms with E-state index in [1.54, 1.807) is 19.1 Å². The second kappa shape index (κ2) is 9.49. The van der Waals surface area contributed by atoms with E-state index >= 15 is 4.39 Å². The zero-order valence-electron chi connectivity index (χ0n) is 17.8. The molecule has 7 heteroatoms. The Labute approximate surface area is 180 Å².